The molecule has 2 heterocycles. The number of carboxylic acid groups (broad SMARTS) is 1. The molecule has 1 N–H and O–H groups in total. The zero-order chi connectivity index (χ0) is 23.2. The van der Waals surface area contributed by atoms with Crippen molar-refractivity contribution in [3.8, 4) is 11.1 Å². The third-order valence-corrected chi connectivity index (χ3v) is 7.42. The number of ether oxygens (including phenoxy) is 1. The fourth-order valence-electron chi connectivity index (χ4n) is 5.85. The first-order valence-corrected chi connectivity index (χ1v) is 11.8. The van der Waals surface area contributed by atoms with Crippen molar-refractivity contribution in [1.29, 1.82) is 0 Å². The van der Waals surface area contributed by atoms with Crippen LogP contribution in [0.1, 0.15) is 52.2 Å². The Bertz CT molecular complexity index is 1280. The highest BCUT2D eigenvalue weighted by molar-refractivity contribution is 5.89. The highest BCUT2D eigenvalue weighted by Gasteiger charge is 2.41. The maximum Gasteiger partial charge on any atom is 0.410 e. The second-order valence-electron chi connectivity index (χ2n) is 9.29. The molecular formula is C29H25NO4. The third kappa shape index (κ3) is 3.39. The van der Waals surface area contributed by atoms with Crippen molar-refractivity contribution < 1.29 is 19.4 Å². The Labute approximate surface area is 198 Å². The number of aromatic carboxylic acids is 1. The van der Waals surface area contributed by atoms with Crippen LogP contribution < -0.4 is 0 Å². The van der Waals surface area contributed by atoms with Crippen molar-refractivity contribution in [3.05, 3.63) is 101 Å². The fraction of sp³-hybridized carbons (Fsp3) is 0.241. The van der Waals surface area contributed by atoms with Crippen LogP contribution in [0.4, 0.5) is 4.79 Å². The van der Waals surface area contributed by atoms with E-state index >= 15 is 0 Å². The van der Waals surface area contributed by atoms with Crippen LogP contribution in [0.15, 0.2) is 78.9 Å². The van der Waals surface area contributed by atoms with Gasteiger partial charge in [0.15, 0.2) is 0 Å². The molecule has 0 radical (unpaired) electrons. The normalized spacial score (nSPS) is 20.5. The molecule has 1 amide bonds. The highest BCUT2D eigenvalue weighted by atomic mass is 16.6. The number of carbonyl (C=O) groups excluding carboxylic acids is 1. The first-order chi connectivity index (χ1) is 16.6. The largest absolute Gasteiger partial charge is 0.478 e. The van der Waals surface area contributed by atoms with Gasteiger partial charge in [0.1, 0.15) is 6.61 Å². The third-order valence-electron chi connectivity index (χ3n) is 7.42. The van der Waals surface area contributed by atoms with E-state index in [1.807, 2.05) is 35.2 Å². The first kappa shape index (κ1) is 20.7. The summed E-state index contributed by atoms with van der Waals surface area (Å²) in [5.74, 6) is -0.884. The Morgan fingerprint density at radius 1 is 0.912 bits per heavy atom. The summed E-state index contributed by atoms with van der Waals surface area (Å²) < 4.78 is 5.93. The van der Waals surface area contributed by atoms with Gasteiger partial charge in [-0.1, -0.05) is 66.7 Å². The molecule has 1 aliphatic carbocycles. The van der Waals surface area contributed by atoms with Gasteiger partial charge in [-0.2, -0.15) is 0 Å². The van der Waals surface area contributed by atoms with E-state index in [0.717, 1.165) is 24.0 Å². The summed E-state index contributed by atoms with van der Waals surface area (Å²) in [6, 6.07) is 23.8. The van der Waals surface area contributed by atoms with E-state index in [1.54, 1.807) is 18.2 Å². The molecule has 1 fully saturated rings. The number of carbonyl (C=O) groups is 2. The van der Waals surface area contributed by atoms with E-state index in [1.165, 1.54) is 22.3 Å². The van der Waals surface area contributed by atoms with Gasteiger partial charge in [-0.3, -0.25) is 4.90 Å². The molecule has 0 aromatic heterocycles. The van der Waals surface area contributed by atoms with E-state index in [0.29, 0.717) is 13.0 Å². The van der Waals surface area contributed by atoms with E-state index in [9.17, 15) is 14.7 Å². The van der Waals surface area contributed by atoms with Crippen LogP contribution in [0.25, 0.3) is 16.7 Å². The quantitative estimate of drug-likeness (QED) is 0.532. The molecule has 3 aliphatic rings. The topological polar surface area (TPSA) is 66.8 Å². The molecule has 0 saturated carbocycles. The molecule has 2 atom stereocenters. The van der Waals surface area contributed by atoms with Gasteiger partial charge in [0.05, 0.1) is 11.6 Å². The molecule has 1 saturated heterocycles. The molecule has 34 heavy (non-hydrogen) atoms. The Kier molecular flexibility index (Phi) is 4.98. The second kappa shape index (κ2) is 8.17. The van der Waals surface area contributed by atoms with Crippen LogP contribution in [-0.2, 0) is 4.74 Å². The van der Waals surface area contributed by atoms with E-state index in [2.05, 4.69) is 30.3 Å². The lowest BCUT2D eigenvalue weighted by atomic mass is 9.94. The second-order valence-corrected chi connectivity index (χ2v) is 9.29. The lowest BCUT2D eigenvalue weighted by Gasteiger charge is -2.33. The summed E-state index contributed by atoms with van der Waals surface area (Å²) in [5, 5.41) is 9.32. The molecule has 5 nitrogen and oxygen atoms in total. The fourth-order valence-corrected chi connectivity index (χ4v) is 5.85. The van der Waals surface area contributed by atoms with Crippen molar-refractivity contribution in [3.63, 3.8) is 0 Å². The van der Waals surface area contributed by atoms with Gasteiger partial charge in [-0.25, -0.2) is 9.59 Å². The minimum Gasteiger partial charge on any atom is -0.478 e. The molecular weight excluding hydrogens is 426 g/mol. The number of nitrogens with zero attached hydrogens (tertiary/aromatic N) is 1. The summed E-state index contributed by atoms with van der Waals surface area (Å²) in [6.45, 7) is 0.319. The van der Waals surface area contributed by atoms with Gasteiger partial charge in [0.25, 0.3) is 0 Å². The van der Waals surface area contributed by atoms with Crippen molar-refractivity contribution in [2.45, 2.75) is 37.3 Å². The maximum atomic E-state index is 13.2. The van der Waals surface area contributed by atoms with Crippen LogP contribution in [0.2, 0.25) is 0 Å². The van der Waals surface area contributed by atoms with Gasteiger partial charge in [0.2, 0.25) is 0 Å². The molecule has 2 unspecified atom stereocenters. The van der Waals surface area contributed by atoms with Gasteiger partial charge in [-0.05, 0) is 64.8 Å². The zero-order valence-electron chi connectivity index (χ0n) is 18.7. The van der Waals surface area contributed by atoms with Gasteiger partial charge >= 0.3 is 12.1 Å². The molecule has 5 heteroatoms. The summed E-state index contributed by atoms with van der Waals surface area (Å²) >= 11 is 0. The highest BCUT2D eigenvalue weighted by Crippen LogP contribution is 2.45. The number of hydrogen-bond acceptors (Lipinski definition) is 3. The number of benzene rings is 3. The lowest BCUT2D eigenvalue weighted by molar-refractivity contribution is 0.0696. The molecule has 2 aliphatic heterocycles. The summed E-state index contributed by atoms with van der Waals surface area (Å²) in [7, 11) is 0. The maximum absolute atomic E-state index is 13.2. The van der Waals surface area contributed by atoms with Gasteiger partial charge < -0.3 is 9.84 Å². The van der Waals surface area contributed by atoms with E-state index in [-0.39, 0.29) is 29.7 Å². The van der Waals surface area contributed by atoms with Crippen molar-refractivity contribution in [2.75, 3.05) is 6.61 Å². The summed E-state index contributed by atoms with van der Waals surface area (Å²) in [5.41, 5.74) is 7.16. The van der Waals surface area contributed by atoms with E-state index < -0.39 is 5.97 Å². The smallest absolute Gasteiger partial charge is 0.410 e. The zero-order valence-corrected chi connectivity index (χ0v) is 18.7. The number of hydrogen-bond donors (Lipinski definition) is 1. The standard InChI is InChI=1S/C29H25NO4/c31-28(32)19-7-5-6-18(14-19)20-15-21-12-13-22(16-20)30(21)29(33)34-17-27-25-10-3-1-8-23(25)24-9-2-4-11-26(24)27/h1-11,14-15,21-22,27H,12-13,16-17H2,(H,31,32). The Morgan fingerprint density at radius 3 is 2.29 bits per heavy atom. The minimum atomic E-state index is -0.929. The molecule has 6 rings (SSSR count). The minimum absolute atomic E-state index is 0.0158. The number of amides is 1. The Morgan fingerprint density at radius 2 is 1.62 bits per heavy atom. The van der Waals surface area contributed by atoms with Crippen LogP contribution in [0, 0.1) is 0 Å². The van der Waals surface area contributed by atoms with Gasteiger partial charge in [-0.15, -0.1) is 0 Å². The van der Waals surface area contributed by atoms with Crippen molar-refractivity contribution in [1.82, 2.24) is 4.90 Å². The first-order valence-electron chi connectivity index (χ1n) is 11.8. The van der Waals surface area contributed by atoms with E-state index in [4.69, 9.17) is 4.74 Å². The van der Waals surface area contributed by atoms with Crippen LogP contribution in [0.3, 0.4) is 0 Å². The lowest BCUT2D eigenvalue weighted by Crippen LogP contribution is -2.43. The predicted molar refractivity (Wildman–Crippen MR) is 130 cm³/mol. The van der Waals surface area contributed by atoms with Crippen LogP contribution in [-0.4, -0.2) is 40.8 Å². The number of carboxylic acids is 1. The molecule has 2 bridgehead atoms. The average Bonchev–Trinajstić information content (AvgIpc) is 3.33. The van der Waals surface area contributed by atoms with Crippen molar-refractivity contribution >= 4 is 17.6 Å². The van der Waals surface area contributed by atoms with Gasteiger partial charge in [0, 0.05) is 12.0 Å². The van der Waals surface area contributed by atoms with Crippen LogP contribution in [0.5, 0.6) is 0 Å². The molecule has 3 aromatic rings. The van der Waals surface area contributed by atoms with Crippen molar-refractivity contribution in [2.24, 2.45) is 0 Å². The predicted octanol–water partition coefficient (Wildman–Crippen LogP) is 5.95. The Balaban J connectivity index is 1.20. The molecule has 170 valence electrons. The summed E-state index contributed by atoms with van der Waals surface area (Å²) in [4.78, 5) is 26.5. The number of fused-ring (bicyclic) bond motifs is 5. The Hall–Kier alpha value is -3.86. The molecule has 3 aromatic carbocycles. The van der Waals surface area contributed by atoms with Crippen LogP contribution >= 0.6 is 0 Å². The average molecular weight is 452 g/mol. The molecule has 0 spiro atoms. The number of rotatable bonds is 4. The monoisotopic (exact) mass is 451 g/mol. The summed E-state index contributed by atoms with van der Waals surface area (Å²) in [6.07, 6.45) is 4.39. The SMILES string of the molecule is O=C(O)c1cccc(C2=CC3CCC(C2)N3C(=O)OCC2c3ccccc3-c3ccccc32)c1.